The summed E-state index contributed by atoms with van der Waals surface area (Å²) in [7, 11) is 0. The normalized spacial score (nSPS) is 24.2. The Bertz CT molecular complexity index is 620. The number of halogens is 3. The first-order chi connectivity index (χ1) is 9.43. The lowest BCUT2D eigenvalue weighted by Gasteiger charge is -2.23. The lowest BCUT2D eigenvalue weighted by molar-refractivity contribution is -0.137. The molecule has 1 aromatic heterocycles. The maximum absolute atomic E-state index is 12.7. The molecule has 1 heterocycles. The van der Waals surface area contributed by atoms with Crippen LogP contribution in [0, 0.1) is 0 Å². The van der Waals surface area contributed by atoms with E-state index in [0.717, 1.165) is 37.8 Å². The molecule has 6 heteroatoms. The Labute approximate surface area is 114 Å². The number of oxazole rings is 1. The zero-order valence-corrected chi connectivity index (χ0v) is 10.8. The van der Waals surface area contributed by atoms with E-state index in [0.29, 0.717) is 11.5 Å². The number of benzene rings is 1. The summed E-state index contributed by atoms with van der Waals surface area (Å²) in [5.41, 5.74) is 5.87. The summed E-state index contributed by atoms with van der Waals surface area (Å²) in [5, 5.41) is 0. The molecule has 2 aromatic rings. The van der Waals surface area contributed by atoms with Crippen molar-refractivity contribution in [2.24, 2.45) is 5.73 Å². The van der Waals surface area contributed by atoms with E-state index in [2.05, 4.69) is 4.98 Å². The number of hydrogen-bond acceptors (Lipinski definition) is 3. The third-order valence-corrected chi connectivity index (χ3v) is 3.80. The fourth-order valence-electron chi connectivity index (χ4n) is 2.75. The van der Waals surface area contributed by atoms with Crippen molar-refractivity contribution in [3.8, 4) is 0 Å². The highest BCUT2D eigenvalue weighted by molar-refractivity contribution is 5.73. The van der Waals surface area contributed by atoms with Crippen molar-refractivity contribution in [2.75, 3.05) is 0 Å². The third-order valence-electron chi connectivity index (χ3n) is 3.80. The maximum Gasteiger partial charge on any atom is 0.416 e. The number of nitrogens with two attached hydrogens (primary N) is 1. The van der Waals surface area contributed by atoms with Crippen molar-refractivity contribution >= 4 is 11.1 Å². The van der Waals surface area contributed by atoms with E-state index in [1.165, 1.54) is 6.07 Å². The van der Waals surface area contributed by atoms with Crippen LogP contribution < -0.4 is 5.73 Å². The first-order valence-corrected chi connectivity index (χ1v) is 6.67. The maximum atomic E-state index is 12.7. The smallest absolute Gasteiger partial charge is 0.416 e. The Hall–Kier alpha value is -1.56. The first kappa shape index (κ1) is 13.4. The molecule has 0 saturated heterocycles. The van der Waals surface area contributed by atoms with Crippen LogP contribution >= 0.6 is 0 Å². The highest BCUT2D eigenvalue weighted by atomic mass is 19.4. The third kappa shape index (κ3) is 2.52. The highest BCUT2D eigenvalue weighted by Crippen LogP contribution is 2.35. The quantitative estimate of drug-likeness (QED) is 0.865. The summed E-state index contributed by atoms with van der Waals surface area (Å²) in [5.74, 6) is 0.620. The Balaban J connectivity index is 1.94. The summed E-state index contributed by atoms with van der Waals surface area (Å²) in [6.07, 6.45) is -0.681. The molecule has 0 aliphatic heterocycles. The fourth-order valence-corrected chi connectivity index (χ4v) is 2.75. The molecule has 0 spiro atoms. The van der Waals surface area contributed by atoms with Gasteiger partial charge in [-0.3, -0.25) is 0 Å². The van der Waals surface area contributed by atoms with Gasteiger partial charge in [0.05, 0.1) is 5.56 Å². The zero-order chi connectivity index (χ0) is 14.3. The van der Waals surface area contributed by atoms with E-state index in [-0.39, 0.29) is 17.5 Å². The Morgan fingerprint density at radius 2 is 2.05 bits per heavy atom. The average molecular weight is 284 g/mol. The molecular formula is C14H15F3N2O. The van der Waals surface area contributed by atoms with Gasteiger partial charge in [-0.05, 0) is 37.5 Å². The van der Waals surface area contributed by atoms with Crippen LogP contribution in [-0.4, -0.2) is 11.0 Å². The van der Waals surface area contributed by atoms with Crippen molar-refractivity contribution in [1.29, 1.82) is 0 Å². The van der Waals surface area contributed by atoms with Gasteiger partial charge in [-0.15, -0.1) is 0 Å². The minimum absolute atomic E-state index is 0.112. The summed E-state index contributed by atoms with van der Waals surface area (Å²) >= 11 is 0. The Morgan fingerprint density at radius 1 is 1.25 bits per heavy atom. The highest BCUT2D eigenvalue weighted by Gasteiger charge is 2.31. The van der Waals surface area contributed by atoms with Gasteiger partial charge in [0.25, 0.3) is 0 Å². The minimum atomic E-state index is -4.36. The van der Waals surface area contributed by atoms with Gasteiger partial charge < -0.3 is 10.2 Å². The molecule has 3 nitrogen and oxygen atoms in total. The van der Waals surface area contributed by atoms with Gasteiger partial charge in [0.1, 0.15) is 5.52 Å². The molecule has 1 aliphatic carbocycles. The van der Waals surface area contributed by atoms with Crippen LogP contribution in [0.1, 0.15) is 43.1 Å². The minimum Gasteiger partial charge on any atom is -0.440 e. The van der Waals surface area contributed by atoms with Crippen LogP contribution in [0.5, 0.6) is 0 Å². The molecule has 2 unspecified atom stereocenters. The van der Waals surface area contributed by atoms with E-state index in [4.69, 9.17) is 10.2 Å². The Kier molecular flexibility index (Phi) is 3.20. The SMILES string of the molecule is NC1CCCC(c2nc3cc(C(F)(F)F)ccc3o2)C1. The van der Waals surface area contributed by atoms with Crippen molar-refractivity contribution in [2.45, 2.75) is 43.8 Å². The Morgan fingerprint density at radius 3 is 2.75 bits per heavy atom. The van der Waals surface area contributed by atoms with Crippen molar-refractivity contribution in [3.05, 3.63) is 29.7 Å². The number of aromatic nitrogens is 1. The predicted octanol–water partition coefficient (Wildman–Crippen LogP) is 3.83. The van der Waals surface area contributed by atoms with Crippen LogP contribution in [-0.2, 0) is 6.18 Å². The number of hydrogen-bond donors (Lipinski definition) is 1. The van der Waals surface area contributed by atoms with Gasteiger partial charge in [0.2, 0.25) is 0 Å². The van der Waals surface area contributed by atoms with Gasteiger partial charge in [0.15, 0.2) is 11.5 Å². The first-order valence-electron chi connectivity index (χ1n) is 6.67. The lowest BCUT2D eigenvalue weighted by Crippen LogP contribution is -2.26. The summed E-state index contributed by atoms with van der Waals surface area (Å²) in [4.78, 5) is 4.22. The second-order valence-electron chi connectivity index (χ2n) is 5.36. The van der Waals surface area contributed by atoms with Crippen LogP contribution in [0.3, 0.4) is 0 Å². The summed E-state index contributed by atoms with van der Waals surface area (Å²) in [6, 6.07) is 3.50. The number of nitrogens with zero attached hydrogens (tertiary/aromatic N) is 1. The van der Waals surface area contributed by atoms with E-state index in [9.17, 15) is 13.2 Å². The second-order valence-corrected chi connectivity index (χ2v) is 5.36. The van der Waals surface area contributed by atoms with Gasteiger partial charge in [-0.25, -0.2) is 4.98 Å². The molecule has 20 heavy (non-hydrogen) atoms. The number of fused-ring (bicyclic) bond motifs is 1. The summed E-state index contributed by atoms with van der Waals surface area (Å²) in [6.45, 7) is 0. The molecule has 1 saturated carbocycles. The predicted molar refractivity (Wildman–Crippen MR) is 68.2 cm³/mol. The fraction of sp³-hybridized carbons (Fsp3) is 0.500. The molecule has 3 rings (SSSR count). The zero-order valence-electron chi connectivity index (χ0n) is 10.8. The van der Waals surface area contributed by atoms with Crippen LogP contribution in [0.25, 0.3) is 11.1 Å². The van der Waals surface area contributed by atoms with E-state index >= 15 is 0 Å². The number of alkyl halides is 3. The molecule has 2 atom stereocenters. The molecule has 1 fully saturated rings. The average Bonchev–Trinajstić information content (AvgIpc) is 2.80. The molecular weight excluding hydrogens is 269 g/mol. The molecule has 1 aliphatic rings. The van der Waals surface area contributed by atoms with Crippen molar-refractivity contribution < 1.29 is 17.6 Å². The van der Waals surface area contributed by atoms with Crippen LogP contribution in [0.2, 0.25) is 0 Å². The molecule has 0 bridgehead atoms. The summed E-state index contributed by atoms with van der Waals surface area (Å²) < 4.78 is 43.6. The topological polar surface area (TPSA) is 52.0 Å². The van der Waals surface area contributed by atoms with E-state index in [1.807, 2.05) is 0 Å². The van der Waals surface area contributed by atoms with Crippen molar-refractivity contribution in [1.82, 2.24) is 4.98 Å². The molecule has 108 valence electrons. The van der Waals surface area contributed by atoms with E-state index < -0.39 is 11.7 Å². The van der Waals surface area contributed by atoms with Gasteiger partial charge in [-0.1, -0.05) is 6.42 Å². The van der Waals surface area contributed by atoms with Gasteiger partial charge >= 0.3 is 6.18 Å². The van der Waals surface area contributed by atoms with E-state index in [1.54, 1.807) is 0 Å². The molecule has 0 radical (unpaired) electrons. The molecule has 2 N–H and O–H groups in total. The van der Waals surface area contributed by atoms with Crippen LogP contribution in [0.4, 0.5) is 13.2 Å². The van der Waals surface area contributed by atoms with Crippen molar-refractivity contribution in [3.63, 3.8) is 0 Å². The second kappa shape index (κ2) is 4.77. The van der Waals surface area contributed by atoms with Gasteiger partial charge in [0, 0.05) is 12.0 Å². The van der Waals surface area contributed by atoms with Crippen LogP contribution in [0.15, 0.2) is 22.6 Å². The lowest BCUT2D eigenvalue weighted by atomic mass is 9.86. The standard InChI is InChI=1S/C14H15F3N2O/c15-14(16,17)9-4-5-12-11(7-9)19-13(20-12)8-2-1-3-10(18)6-8/h4-5,7-8,10H,1-3,6,18H2. The number of rotatable bonds is 1. The van der Waals surface area contributed by atoms with Gasteiger partial charge in [-0.2, -0.15) is 13.2 Å². The molecule has 1 aromatic carbocycles. The monoisotopic (exact) mass is 284 g/mol. The largest absolute Gasteiger partial charge is 0.440 e. The molecule has 0 amide bonds.